The van der Waals surface area contributed by atoms with Crippen LogP contribution in [0.5, 0.6) is 0 Å². The van der Waals surface area contributed by atoms with Crippen molar-refractivity contribution in [1.82, 2.24) is 0 Å². The summed E-state index contributed by atoms with van der Waals surface area (Å²) in [6.45, 7) is 3.45. The first-order valence-corrected chi connectivity index (χ1v) is 5.26. The van der Waals surface area contributed by atoms with Crippen LogP contribution in [0.25, 0.3) is 0 Å². The van der Waals surface area contributed by atoms with E-state index >= 15 is 0 Å². The zero-order valence-corrected chi connectivity index (χ0v) is 8.87. The van der Waals surface area contributed by atoms with Crippen molar-refractivity contribution in [3.05, 3.63) is 0 Å². The summed E-state index contributed by atoms with van der Waals surface area (Å²) in [6.07, 6.45) is -5.03. The Kier molecular flexibility index (Phi) is 5.99. The second kappa shape index (κ2) is 6.16. The largest absolute Gasteiger partial charge is 0.465 e. The van der Waals surface area contributed by atoms with Crippen LogP contribution in [0.2, 0.25) is 0 Å². The van der Waals surface area contributed by atoms with Gasteiger partial charge in [-0.25, -0.2) is 0 Å². The normalized spacial score (nSPS) is 13.8. The number of halogens is 3. The lowest BCUT2D eigenvalue weighted by Gasteiger charge is -2.10. The van der Waals surface area contributed by atoms with Crippen LogP contribution in [0, 0.1) is 0 Å². The second-order valence-electron chi connectivity index (χ2n) is 2.63. The molecule has 14 heavy (non-hydrogen) atoms. The molecule has 0 radical (unpaired) electrons. The minimum atomic E-state index is -4.15. The molecule has 84 valence electrons. The Morgan fingerprint density at radius 1 is 1.50 bits per heavy atom. The zero-order chi connectivity index (χ0) is 11.2. The summed E-state index contributed by atoms with van der Waals surface area (Å²) in [4.78, 5) is 11.0. The number of hydrogen-bond donors (Lipinski definition) is 0. The van der Waals surface area contributed by atoms with Gasteiger partial charge in [-0.2, -0.15) is 13.2 Å². The number of thioether (sulfide) groups is 1. The Bertz CT molecular complexity index is 182. The molecule has 0 amide bonds. The third-order valence-corrected chi connectivity index (χ3v) is 2.50. The van der Waals surface area contributed by atoms with Gasteiger partial charge in [-0.05, 0) is 13.8 Å². The van der Waals surface area contributed by atoms with Crippen LogP contribution in [0.3, 0.4) is 0 Å². The summed E-state index contributed by atoms with van der Waals surface area (Å²) in [6, 6.07) is 0. The van der Waals surface area contributed by atoms with E-state index in [-0.39, 0.29) is 12.4 Å². The van der Waals surface area contributed by atoms with Crippen LogP contribution in [0.4, 0.5) is 13.2 Å². The first-order valence-electron chi connectivity index (χ1n) is 4.21. The van der Waals surface area contributed by atoms with Crippen LogP contribution >= 0.6 is 11.8 Å². The summed E-state index contributed by atoms with van der Waals surface area (Å²) >= 11 is 0.957. The van der Waals surface area contributed by atoms with E-state index in [2.05, 4.69) is 4.74 Å². The van der Waals surface area contributed by atoms with Crippen LogP contribution in [-0.2, 0) is 9.53 Å². The van der Waals surface area contributed by atoms with Gasteiger partial charge in [0.25, 0.3) is 0 Å². The lowest BCUT2D eigenvalue weighted by atomic mass is 10.5. The molecule has 0 heterocycles. The minimum Gasteiger partial charge on any atom is -0.465 e. The molecule has 0 N–H and O–H groups in total. The average Bonchev–Trinajstić information content (AvgIpc) is 2.02. The molecule has 6 heteroatoms. The van der Waals surface area contributed by atoms with Crippen molar-refractivity contribution in [1.29, 1.82) is 0 Å². The van der Waals surface area contributed by atoms with Crippen LogP contribution in [0.15, 0.2) is 0 Å². The van der Waals surface area contributed by atoms with E-state index in [0.29, 0.717) is 0 Å². The van der Waals surface area contributed by atoms with Crippen molar-refractivity contribution >= 4 is 17.7 Å². The molecule has 0 aliphatic carbocycles. The van der Waals surface area contributed by atoms with Crippen LogP contribution < -0.4 is 0 Å². The van der Waals surface area contributed by atoms with Crippen molar-refractivity contribution < 1.29 is 22.7 Å². The predicted molar refractivity (Wildman–Crippen MR) is 49.2 cm³/mol. The Morgan fingerprint density at radius 3 is 2.50 bits per heavy atom. The van der Waals surface area contributed by atoms with Crippen LogP contribution in [0.1, 0.15) is 20.3 Å². The standard InChI is InChI=1S/C8H13F3O2S/c1-3-13-7(12)6(2)14-5-4-8(9,10)11/h6H,3-5H2,1-2H3. The van der Waals surface area contributed by atoms with E-state index < -0.39 is 23.8 Å². The van der Waals surface area contributed by atoms with E-state index in [1.54, 1.807) is 13.8 Å². The Labute approximate surface area is 85.2 Å². The number of carbonyl (C=O) groups excluding carboxylic acids is 1. The van der Waals surface area contributed by atoms with E-state index in [0.717, 1.165) is 11.8 Å². The predicted octanol–water partition coefficient (Wildman–Crippen LogP) is 2.62. The monoisotopic (exact) mass is 230 g/mol. The molecule has 0 rings (SSSR count). The lowest BCUT2D eigenvalue weighted by Crippen LogP contribution is -2.18. The molecule has 2 nitrogen and oxygen atoms in total. The maximum Gasteiger partial charge on any atom is 0.389 e. The second-order valence-corrected chi connectivity index (χ2v) is 4.08. The van der Waals surface area contributed by atoms with Gasteiger partial charge in [0.2, 0.25) is 0 Å². The van der Waals surface area contributed by atoms with Gasteiger partial charge in [0.15, 0.2) is 0 Å². The fourth-order valence-electron chi connectivity index (χ4n) is 0.679. The van der Waals surface area contributed by atoms with Gasteiger partial charge in [-0.15, -0.1) is 11.8 Å². The highest BCUT2D eigenvalue weighted by Gasteiger charge is 2.27. The number of alkyl halides is 3. The summed E-state index contributed by atoms with van der Waals surface area (Å²) in [7, 11) is 0. The first-order chi connectivity index (χ1) is 6.37. The fraction of sp³-hybridized carbons (Fsp3) is 0.875. The highest BCUT2D eigenvalue weighted by Crippen LogP contribution is 2.24. The Balaban J connectivity index is 3.63. The lowest BCUT2D eigenvalue weighted by molar-refractivity contribution is -0.142. The van der Waals surface area contributed by atoms with Gasteiger partial charge >= 0.3 is 12.1 Å². The average molecular weight is 230 g/mol. The molecule has 0 fully saturated rings. The molecular weight excluding hydrogens is 217 g/mol. The van der Waals surface area contributed by atoms with Crippen LogP contribution in [-0.4, -0.2) is 29.8 Å². The van der Waals surface area contributed by atoms with Crippen molar-refractivity contribution in [2.24, 2.45) is 0 Å². The first kappa shape index (κ1) is 13.6. The molecular formula is C8H13F3O2S. The van der Waals surface area contributed by atoms with E-state index in [1.807, 2.05) is 0 Å². The summed E-state index contributed by atoms with van der Waals surface area (Å²) in [5.41, 5.74) is 0. The number of hydrogen-bond acceptors (Lipinski definition) is 3. The Hall–Kier alpha value is -0.390. The minimum absolute atomic E-state index is 0.108. The third kappa shape index (κ3) is 7.06. The highest BCUT2D eigenvalue weighted by molar-refractivity contribution is 8.00. The van der Waals surface area contributed by atoms with E-state index in [4.69, 9.17) is 0 Å². The smallest absolute Gasteiger partial charge is 0.389 e. The Morgan fingerprint density at radius 2 is 2.07 bits per heavy atom. The van der Waals surface area contributed by atoms with E-state index in [9.17, 15) is 18.0 Å². The molecule has 0 bridgehead atoms. The van der Waals surface area contributed by atoms with Crippen molar-refractivity contribution in [2.75, 3.05) is 12.4 Å². The molecule has 0 aromatic rings. The molecule has 0 saturated heterocycles. The summed E-state index contributed by atoms with van der Waals surface area (Å²) in [5, 5.41) is -0.530. The molecule has 1 atom stereocenters. The van der Waals surface area contributed by atoms with Gasteiger partial charge in [-0.1, -0.05) is 0 Å². The molecule has 0 saturated carbocycles. The molecule has 0 aromatic heterocycles. The van der Waals surface area contributed by atoms with Gasteiger partial charge in [0.05, 0.1) is 18.3 Å². The van der Waals surface area contributed by atoms with Gasteiger partial charge in [0.1, 0.15) is 0 Å². The molecule has 0 spiro atoms. The van der Waals surface area contributed by atoms with Gasteiger partial charge in [-0.3, -0.25) is 4.79 Å². The maximum atomic E-state index is 11.7. The quantitative estimate of drug-likeness (QED) is 0.679. The van der Waals surface area contributed by atoms with Gasteiger partial charge < -0.3 is 4.74 Å². The fourth-order valence-corrected chi connectivity index (χ4v) is 1.59. The maximum absolute atomic E-state index is 11.7. The topological polar surface area (TPSA) is 26.3 Å². The zero-order valence-electron chi connectivity index (χ0n) is 8.06. The van der Waals surface area contributed by atoms with E-state index in [1.165, 1.54) is 0 Å². The molecule has 0 aliphatic heterocycles. The number of ether oxygens (including phenoxy) is 1. The van der Waals surface area contributed by atoms with Crippen molar-refractivity contribution in [3.8, 4) is 0 Å². The van der Waals surface area contributed by atoms with Gasteiger partial charge in [0, 0.05) is 5.75 Å². The number of carbonyl (C=O) groups is 1. The number of rotatable bonds is 5. The van der Waals surface area contributed by atoms with Crippen molar-refractivity contribution in [3.63, 3.8) is 0 Å². The molecule has 0 aliphatic rings. The third-order valence-electron chi connectivity index (χ3n) is 1.37. The SMILES string of the molecule is CCOC(=O)C(C)SCCC(F)(F)F. The molecule has 0 aromatic carbocycles. The number of esters is 1. The molecule has 1 unspecified atom stereocenters. The summed E-state index contributed by atoms with van der Waals surface area (Å²) < 4.78 is 39.8. The van der Waals surface area contributed by atoms with Crippen molar-refractivity contribution in [2.45, 2.75) is 31.7 Å². The summed E-state index contributed by atoms with van der Waals surface area (Å²) in [5.74, 6) is -0.566. The highest BCUT2D eigenvalue weighted by atomic mass is 32.2.